The molecule has 0 spiro atoms. The third-order valence-corrected chi connectivity index (χ3v) is 3.01. The average Bonchev–Trinajstić information content (AvgIpc) is 3.18. The Labute approximate surface area is 113 Å². The first kappa shape index (κ1) is 13.6. The summed E-state index contributed by atoms with van der Waals surface area (Å²) in [7, 11) is 0. The Morgan fingerprint density at radius 1 is 1.17 bits per heavy atom. The number of phenols is 2. The van der Waals surface area contributed by atoms with Crippen molar-refractivity contribution < 1.29 is 24.4 Å². The van der Waals surface area contributed by atoms with Gasteiger partial charge in [-0.2, -0.15) is 0 Å². The van der Waals surface area contributed by atoms with Gasteiger partial charge in [0.2, 0.25) is 0 Å². The van der Waals surface area contributed by atoms with Gasteiger partial charge in [0, 0.05) is 6.07 Å². The molecule has 2 unspecified atom stereocenters. The number of rotatable bonds is 4. The lowest BCUT2D eigenvalue weighted by Gasteiger charge is -1.95. The minimum absolute atomic E-state index is 0.0509. The van der Waals surface area contributed by atoms with Gasteiger partial charge in [-0.3, -0.25) is 0 Å². The van der Waals surface area contributed by atoms with Crippen LogP contribution < -0.4 is 0 Å². The smallest absolute Gasteiger partial charge is 0.133 e. The molecule has 2 saturated heterocycles. The Kier molecular flexibility index (Phi) is 4.82. The Hall–Kier alpha value is -0.820. The van der Waals surface area contributed by atoms with Gasteiger partial charge >= 0.3 is 0 Å². The van der Waals surface area contributed by atoms with Crippen molar-refractivity contribution in [3.05, 3.63) is 22.7 Å². The summed E-state index contributed by atoms with van der Waals surface area (Å²) >= 11 is 3.07. The molecule has 3 rings (SSSR count). The molecular formula is C12H15BrO5. The molecule has 1 aromatic carbocycles. The van der Waals surface area contributed by atoms with Crippen LogP contribution in [0.3, 0.4) is 0 Å². The van der Waals surface area contributed by atoms with Gasteiger partial charge in [0.1, 0.15) is 23.7 Å². The second kappa shape index (κ2) is 6.38. The first-order valence-electron chi connectivity index (χ1n) is 5.63. The Balaban J connectivity index is 0.000000134. The van der Waals surface area contributed by atoms with Crippen LogP contribution in [0.1, 0.15) is 0 Å². The molecular weight excluding hydrogens is 304 g/mol. The molecule has 5 nitrogen and oxygen atoms in total. The monoisotopic (exact) mass is 318 g/mol. The van der Waals surface area contributed by atoms with E-state index in [1.165, 1.54) is 12.1 Å². The van der Waals surface area contributed by atoms with E-state index in [2.05, 4.69) is 15.9 Å². The summed E-state index contributed by atoms with van der Waals surface area (Å²) in [5.41, 5.74) is 0. The molecule has 0 saturated carbocycles. The fraction of sp³-hybridized carbons (Fsp3) is 0.500. The third-order valence-electron chi connectivity index (χ3n) is 2.34. The van der Waals surface area contributed by atoms with E-state index in [9.17, 15) is 0 Å². The van der Waals surface area contributed by atoms with Crippen LogP contribution in [0.15, 0.2) is 22.7 Å². The minimum Gasteiger partial charge on any atom is -0.508 e. The Morgan fingerprint density at radius 2 is 1.72 bits per heavy atom. The molecule has 0 radical (unpaired) electrons. The number of hydrogen-bond donors (Lipinski definition) is 2. The zero-order valence-electron chi connectivity index (χ0n) is 9.71. The SMILES string of the molecule is C(OCC1CO1)C1CO1.Oc1ccc(Br)c(O)c1. The second-order valence-electron chi connectivity index (χ2n) is 4.08. The van der Waals surface area contributed by atoms with Crippen molar-refractivity contribution in [1.82, 2.24) is 0 Å². The summed E-state index contributed by atoms with van der Waals surface area (Å²) in [5, 5.41) is 17.6. The molecule has 2 aliphatic rings. The summed E-state index contributed by atoms with van der Waals surface area (Å²) in [4.78, 5) is 0. The fourth-order valence-electron chi connectivity index (χ4n) is 1.16. The standard InChI is InChI=1S/C6H5BrO2.C6H10O3/c7-5-2-1-4(8)3-6(5)9;1(5-3-8-5)7-2-6-4-9-6/h1-3,8-9H;5-6H,1-4H2. The van der Waals surface area contributed by atoms with Crippen molar-refractivity contribution in [2.75, 3.05) is 26.4 Å². The van der Waals surface area contributed by atoms with Crippen LogP contribution in [0.25, 0.3) is 0 Å². The molecule has 2 fully saturated rings. The maximum atomic E-state index is 8.89. The highest BCUT2D eigenvalue weighted by atomic mass is 79.9. The number of aromatic hydroxyl groups is 2. The average molecular weight is 319 g/mol. The molecule has 2 heterocycles. The number of hydrogen-bond acceptors (Lipinski definition) is 5. The lowest BCUT2D eigenvalue weighted by atomic mass is 10.3. The van der Waals surface area contributed by atoms with E-state index in [0.717, 1.165) is 26.4 Å². The van der Waals surface area contributed by atoms with Gasteiger partial charge in [-0.15, -0.1) is 0 Å². The molecule has 0 aromatic heterocycles. The van der Waals surface area contributed by atoms with E-state index in [1.54, 1.807) is 6.07 Å². The first-order chi connectivity index (χ1) is 8.65. The summed E-state index contributed by atoms with van der Waals surface area (Å²) in [6.07, 6.45) is 0.785. The van der Waals surface area contributed by atoms with Crippen LogP contribution in [-0.2, 0) is 14.2 Å². The van der Waals surface area contributed by atoms with Gasteiger partial charge in [-0.25, -0.2) is 0 Å². The lowest BCUT2D eigenvalue weighted by Crippen LogP contribution is -2.06. The maximum absolute atomic E-state index is 8.89. The molecule has 1 aromatic rings. The lowest BCUT2D eigenvalue weighted by molar-refractivity contribution is 0.102. The molecule has 2 aliphatic heterocycles. The normalized spacial score (nSPS) is 24.1. The predicted molar refractivity (Wildman–Crippen MR) is 67.8 cm³/mol. The fourth-order valence-corrected chi connectivity index (χ4v) is 1.41. The van der Waals surface area contributed by atoms with Gasteiger partial charge < -0.3 is 24.4 Å². The molecule has 2 atom stereocenters. The highest BCUT2D eigenvalue weighted by Gasteiger charge is 2.26. The third kappa shape index (κ3) is 5.22. The van der Waals surface area contributed by atoms with Crippen LogP contribution >= 0.6 is 15.9 Å². The topological polar surface area (TPSA) is 74.8 Å². The van der Waals surface area contributed by atoms with E-state index in [1.807, 2.05) is 0 Å². The molecule has 0 amide bonds. The van der Waals surface area contributed by atoms with Gasteiger partial charge in [-0.05, 0) is 28.1 Å². The number of epoxide rings is 2. The highest BCUT2D eigenvalue weighted by molar-refractivity contribution is 9.10. The van der Waals surface area contributed by atoms with Gasteiger partial charge in [0.25, 0.3) is 0 Å². The Bertz CT molecular complexity index is 378. The quantitative estimate of drug-likeness (QED) is 0.826. The summed E-state index contributed by atoms with van der Waals surface area (Å²) in [6, 6.07) is 4.33. The van der Waals surface area contributed by atoms with Crippen molar-refractivity contribution in [3.8, 4) is 11.5 Å². The van der Waals surface area contributed by atoms with Crippen LogP contribution in [0.4, 0.5) is 0 Å². The van der Waals surface area contributed by atoms with Crippen molar-refractivity contribution in [2.24, 2.45) is 0 Å². The van der Waals surface area contributed by atoms with E-state index in [-0.39, 0.29) is 11.5 Å². The first-order valence-corrected chi connectivity index (χ1v) is 6.43. The van der Waals surface area contributed by atoms with Crippen LogP contribution in [0.5, 0.6) is 11.5 Å². The molecule has 2 N–H and O–H groups in total. The van der Waals surface area contributed by atoms with Crippen LogP contribution in [0, 0.1) is 0 Å². The van der Waals surface area contributed by atoms with Crippen molar-refractivity contribution >= 4 is 15.9 Å². The van der Waals surface area contributed by atoms with E-state index in [0.29, 0.717) is 16.7 Å². The summed E-state index contributed by atoms with van der Waals surface area (Å²) < 4.78 is 15.7. The van der Waals surface area contributed by atoms with E-state index in [4.69, 9.17) is 24.4 Å². The maximum Gasteiger partial charge on any atom is 0.133 e. The van der Waals surface area contributed by atoms with Crippen LogP contribution in [-0.4, -0.2) is 48.8 Å². The summed E-state index contributed by atoms with van der Waals surface area (Å²) in [5.74, 6) is 0.116. The minimum atomic E-state index is 0.0509. The van der Waals surface area contributed by atoms with E-state index >= 15 is 0 Å². The molecule has 0 aliphatic carbocycles. The number of benzene rings is 1. The zero-order chi connectivity index (χ0) is 13.0. The van der Waals surface area contributed by atoms with E-state index < -0.39 is 0 Å². The molecule has 0 bridgehead atoms. The molecule has 6 heteroatoms. The van der Waals surface area contributed by atoms with Crippen molar-refractivity contribution in [1.29, 1.82) is 0 Å². The van der Waals surface area contributed by atoms with Gasteiger partial charge in [0.15, 0.2) is 0 Å². The second-order valence-corrected chi connectivity index (χ2v) is 4.94. The molecule has 18 heavy (non-hydrogen) atoms. The Morgan fingerprint density at radius 3 is 2.11 bits per heavy atom. The zero-order valence-corrected chi connectivity index (χ0v) is 11.3. The number of ether oxygens (including phenoxy) is 3. The molecule has 100 valence electrons. The summed E-state index contributed by atoms with van der Waals surface area (Å²) in [6.45, 7) is 3.26. The van der Waals surface area contributed by atoms with Gasteiger partial charge in [0.05, 0.1) is 30.9 Å². The largest absolute Gasteiger partial charge is 0.508 e. The van der Waals surface area contributed by atoms with Crippen molar-refractivity contribution in [3.63, 3.8) is 0 Å². The highest BCUT2D eigenvalue weighted by Crippen LogP contribution is 2.26. The van der Waals surface area contributed by atoms with Gasteiger partial charge in [-0.1, -0.05) is 0 Å². The number of halogens is 1. The van der Waals surface area contributed by atoms with Crippen LogP contribution in [0.2, 0.25) is 0 Å². The van der Waals surface area contributed by atoms with Crippen molar-refractivity contribution in [2.45, 2.75) is 12.2 Å². The number of phenolic OH excluding ortho intramolecular Hbond substituents is 2. The predicted octanol–water partition coefficient (Wildman–Crippen LogP) is 1.66.